The molecule has 1 aromatic heterocycles. The van der Waals surface area contributed by atoms with Crippen LogP contribution in [0.15, 0.2) is 35.5 Å². The van der Waals surface area contributed by atoms with Gasteiger partial charge in [-0.05, 0) is 24.6 Å². The molecule has 0 saturated heterocycles. The fourth-order valence-corrected chi connectivity index (χ4v) is 2.86. The molecule has 0 aliphatic carbocycles. The highest BCUT2D eigenvalue weighted by Gasteiger charge is 2.21. The number of aryl methyl sites for hydroxylation is 1. The highest BCUT2D eigenvalue weighted by Crippen LogP contribution is 2.21. The van der Waals surface area contributed by atoms with E-state index in [-0.39, 0.29) is 11.4 Å². The fraction of sp³-hybridized carbons (Fsp3) is 0.250. The molecule has 7 heteroatoms. The van der Waals surface area contributed by atoms with Crippen molar-refractivity contribution in [3.8, 4) is 0 Å². The van der Waals surface area contributed by atoms with Crippen molar-refractivity contribution in [1.29, 1.82) is 0 Å². The minimum atomic E-state index is -3.54. The average molecular weight is 280 g/mol. The number of anilines is 1. The molecule has 0 aliphatic heterocycles. The molecule has 2 aromatic rings. The maximum absolute atomic E-state index is 12.4. The van der Waals surface area contributed by atoms with E-state index < -0.39 is 10.0 Å². The lowest BCUT2D eigenvalue weighted by molar-refractivity contribution is 0.467. The van der Waals surface area contributed by atoms with Gasteiger partial charge in [0.1, 0.15) is 0 Å². The van der Waals surface area contributed by atoms with E-state index >= 15 is 0 Å². The summed E-state index contributed by atoms with van der Waals surface area (Å²) >= 11 is 0. The van der Waals surface area contributed by atoms with Crippen LogP contribution in [0.25, 0.3) is 0 Å². The number of aromatic amines is 1. The minimum absolute atomic E-state index is 0.196. The Morgan fingerprint density at radius 3 is 2.74 bits per heavy atom. The second kappa shape index (κ2) is 5.02. The van der Waals surface area contributed by atoms with Crippen molar-refractivity contribution in [2.24, 2.45) is 0 Å². The summed E-state index contributed by atoms with van der Waals surface area (Å²) in [6.45, 7) is 2.09. The van der Waals surface area contributed by atoms with E-state index in [1.54, 1.807) is 24.5 Å². The fourth-order valence-electron chi connectivity index (χ4n) is 1.67. The maximum Gasteiger partial charge on any atom is 0.243 e. The molecule has 1 heterocycles. The monoisotopic (exact) mass is 280 g/mol. The molecule has 3 N–H and O–H groups in total. The number of nitrogens with two attached hydrogens (primary N) is 1. The normalized spacial score (nSPS) is 11.9. The summed E-state index contributed by atoms with van der Waals surface area (Å²) in [6.07, 6.45) is 3.26. The Morgan fingerprint density at radius 1 is 1.42 bits per heavy atom. The van der Waals surface area contributed by atoms with Gasteiger partial charge in [-0.3, -0.25) is 5.10 Å². The predicted octanol–water partition coefficient (Wildman–Crippen LogP) is 1.12. The second-order valence-corrected chi connectivity index (χ2v) is 6.43. The molecule has 0 amide bonds. The molecule has 0 atom stereocenters. The van der Waals surface area contributed by atoms with Crippen molar-refractivity contribution < 1.29 is 8.42 Å². The molecular weight excluding hydrogens is 264 g/mol. The van der Waals surface area contributed by atoms with Crippen molar-refractivity contribution in [2.75, 3.05) is 12.8 Å². The van der Waals surface area contributed by atoms with Crippen LogP contribution in [0.5, 0.6) is 0 Å². The number of hydrogen-bond acceptors (Lipinski definition) is 4. The lowest BCUT2D eigenvalue weighted by atomic mass is 10.2. The van der Waals surface area contributed by atoms with Gasteiger partial charge in [0, 0.05) is 31.0 Å². The van der Waals surface area contributed by atoms with Crippen molar-refractivity contribution in [3.63, 3.8) is 0 Å². The Kier molecular flexibility index (Phi) is 3.59. The van der Waals surface area contributed by atoms with Gasteiger partial charge in [-0.1, -0.05) is 6.07 Å². The summed E-state index contributed by atoms with van der Waals surface area (Å²) in [5, 5.41) is 6.44. The van der Waals surface area contributed by atoms with Crippen molar-refractivity contribution in [3.05, 3.63) is 41.7 Å². The van der Waals surface area contributed by atoms with Crippen LogP contribution in [0.4, 0.5) is 5.69 Å². The predicted molar refractivity (Wildman–Crippen MR) is 72.8 cm³/mol. The largest absolute Gasteiger partial charge is 0.398 e. The van der Waals surface area contributed by atoms with Gasteiger partial charge in [0.2, 0.25) is 10.0 Å². The van der Waals surface area contributed by atoms with Gasteiger partial charge in [-0.2, -0.15) is 9.40 Å². The van der Waals surface area contributed by atoms with E-state index in [2.05, 4.69) is 10.2 Å². The molecule has 0 saturated carbocycles. The number of nitrogens with one attached hydrogen (secondary N) is 1. The van der Waals surface area contributed by atoms with Crippen molar-refractivity contribution in [1.82, 2.24) is 14.5 Å². The molecule has 0 bridgehead atoms. The SMILES string of the molecule is Cc1ccc(S(=O)(=O)N(C)Cc2cn[nH]c2)cc1N. The zero-order chi connectivity index (χ0) is 14.0. The van der Waals surface area contributed by atoms with Crippen LogP contribution in [-0.4, -0.2) is 30.0 Å². The molecular formula is C12H16N4O2S. The molecule has 102 valence electrons. The Hall–Kier alpha value is -1.86. The Balaban J connectivity index is 2.28. The number of nitrogens with zero attached hydrogens (tertiary/aromatic N) is 2. The van der Waals surface area contributed by atoms with Crippen LogP contribution in [0.2, 0.25) is 0 Å². The zero-order valence-electron chi connectivity index (χ0n) is 10.8. The lowest BCUT2D eigenvalue weighted by Gasteiger charge is -2.17. The number of nitrogen functional groups attached to an aromatic ring is 1. The Morgan fingerprint density at radius 2 is 2.16 bits per heavy atom. The molecule has 0 aliphatic rings. The Labute approximate surface area is 112 Å². The van der Waals surface area contributed by atoms with Crippen molar-refractivity contribution in [2.45, 2.75) is 18.4 Å². The highest BCUT2D eigenvalue weighted by atomic mass is 32.2. The minimum Gasteiger partial charge on any atom is -0.398 e. The van der Waals surface area contributed by atoms with E-state index in [4.69, 9.17) is 5.73 Å². The smallest absolute Gasteiger partial charge is 0.243 e. The molecule has 6 nitrogen and oxygen atoms in total. The first kappa shape index (κ1) is 13.6. The number of benzene rings is 1. The maximum atomic E-state index is 12.4. The topological polar surface area (TPSA) is 92.1 Å². The standard InChI is InChI=1S/C12H16N4O2S/c1-9-3-4-11(5-12(9)13)19(17,18)16(2)8-10-6-14-15-7-10/h3-7H,8,13H2,1-2H3,(H,14,15). The van der Waals surface area contributed by atoms with Gasteiger partial charge < -0.3 is 5.73 Å². The summed E-state index contributed by atoms with van der Waals surface area (Å²) in [7, 11) is -2.02. The number of hydrogen-bond donors (Lipinski definition) is 2. The van der Waals surface area contributed by atoms with E-state index in [1.807, 2.05) is 6.92 Å². The summed E-state index contributed by atoms with van der Waals surface area (Å²) in [4.78, 5) is 0.196. The third-order valence-corrected chi connectivity index (χ3v) is 4.72. The molecule has 2 rings (SSSR count). The first-order valence-corrected chi connectivity index (χ1v) is 7.15. The highest BCUT2D eigenvalue weighted by molar-refractivity contribution is 7.89. The Bertz CT molecular complexity index is 665. The zero-order valence-corrected chi connectivity index (χ0v) is 11.6. The van der Waals surface area contributed by atoms with Gasteiger partial charge in [0.15, 0.2) is 0 Å². The third-order valence-electron chi connectivity index (χ3n) is 2.92. The lowest BCUT2D eigenvalue weighted by Crippen LogP contribution is -2.26. The molecule has 19 heavy (non-hydrogen) atoms. The first-order chi connectivity index (χ1) is 8.91. The number of H-pyrrole nitrogens is 1. The summed E-state index contributed by atoms with van der Waals surface area (Å²) in [5.74, 6) is 0. The second-order valence-electron chi connectivity index (χ2n) is 4.39. The summed E-state index contributed by atoms with van der Waals surface area (Å²) in [5.41, 5.74) is 7.88. The van der Waals surface area contributed by atoms with Crippen LogP contribution < -0.4 is 5.73 Å². The van der Waals surface area contributed by atoms with Gasteiger partial charge in [-0.15, -0.1) is 0 Å². The van der Waals surface area contributed by atoms with Crippen LogP contribution >= 0.6 is 0 Å². The van der Waals surface area contributed by atoms with E-state index in [0.29, 0.717) is 5.69 Å². The third kappa shape index (κ3) is 2.77. The average Bonchev–Trinajstić information content (AvgIpc) is 2.85. The summed E-state index contributed by atoms with van der Waals surface area (Å²) in [6, 6.07) is 4.75. The van der Waals surface area contributed by atoms with Gasteiger partial charge in [0.05, 0.1) is 11.1 Å². The number of aromatic nitrogens is 2. The molecule has 0 spiro atoms. The molecule has 0 fully saturated rings. The number of sulfonamides is 1. The van der Waals surface area contributed by atoms with Crippen LogP contribution in [-0.2, 0) is 16.6 Å². The summed E-state index contributed by atoms with van der Waals surface area (Å²) < 4.78 is 26.0. The molecule has 0 radical (unpaired) electrons. The van der Waals surface area contributed by atoms with E-state index in [1.165, 1.54) is 17.4 Å². The van der Waals surface area contributed by atoms with Crippen LogP contribution in [0, 0.1) is 6.92 Å². The van der Waals surface area contributed by atoms with Gasteiger partial charge >= 0.3 is 0 Å². The molecule has 1 aromatic carbocycles. The first-order valence-electron chi connectivity index (χ1n) is 5.71. The van der Waals surface area contributed by atoms with Gasteiger partial charge in [0.25, 0.3) is 0 Å². The number of rotatable bonds is 4. The quantitative estimate of drug-likeness (QED) is 0.821. The van der Waals surface area contributed by atoms with E-state index in [0.717, 1.165) is 11.1 Å². The van der Waals surface area contributed by atoms with Gasteiger partial charge in [-0.25, -0.2) is 8.42 Å². The van der Waals surface area contributed by atoms with E-state index in [9.17, 15) is 8.42 Å². The van der Waals surface area contributed by atoms with Crippen molar-refractivity contribution >= 4 is 15.7 Å². The van der Waals surface area contributed by atoms with Crippen LogP contribution in [0.3, 0.4) is 0 Å². The van der Waals surface area contributed by atoms with Crippen LogP contribution in [0.1, 0.15) is 11.1 Å². The molecule has 0 unspecified atom stereocenters.